The van der Waals surface area contributed by atoms with Crippen LogP contribution in [0.15, 0.2) is 77.7 Å². The second-order valence-corrected chi connectivity index (χ2v) is 10.7. The first kappa shape index (κ1) is 23.2. The molecule has 35 heavy (non-hydrogen) atoms. The predicted octanol–water partition coefficient (Wildman–Crippen LogP) is 4.65. The Hall–Kier alpha value is -3.52. The number of anilines is 1. The lowest BCUT2D eigenvalue weighted by molar-refractivity contribution is 0.0735. The SMILES string of the molecule is CN(c1ccccc1)S(=O)(=O)c1ccc(C(=O)N2CCCC2c2ccc3c(c2)OCCCO3)cc1. The van der Waals surface area contributed by atoms with Gasteiger partial charge in [-0.1, -0.05) is 24.3 Å². The molecule has 3 aromatic rings. The maximum atomic E-state index is 13.4. The molecule has 0 bridgehead atoms. The highest BCUT2D eigenvalue weighted by atomic mass is 32.2. The Bertz CT molecular complexity index is 1310. The first-order valence-electron chi connectivity index (χ1n) is 11.8. The van der Waals surface area contributed by atoms with Gasteiger partial charge in [-0.05, 0) is 66.9 Å². The zero-order valence-electron chi connectivity index (χ0n) is 19.6. The number of hydrogen-bond donors (Lipinski definition) is 0. The summed E-state index contributed by atoms with van der Waals surface area (Å²) in [6.07, 6.45) is 2.60. The minimum absolute atomic E-state index is 0.0627. The van der Waals surface area contributed by atoms with Crippen molar-refractivity contribution in [2.75, 3.05) is 31.1 Å². The third-order valence-electron chi connectivity index (χ3n) is 6.55. The minimum atomic E-state index is -3.74. The molecule has 1 fully saturated rings. The summed E-state index contributed by atoms with van der Waals surface area (Å²) in [7, 11) is -2.21. The first-order chi connectivity index (χ1) is 16.9. The van der Waals surface area contributed by atoms with E-state index in [4.69, 9.17) is 9.47 Å². The Morgan fingerprint density at radius 1 is 0.914 bits per heavy atom. The quantitative estimate of drug-likeness (QED) is 0.518. The number of nitrogens with zero attached hydrogens (tertiary/aromatic N) is 2. The smallest absolute Gasteiger partial charge is 0.264 e. The van der Waals surface area contributed by atoms with Crippen LogP contribution in [0.4, 0.5) is 5.69 Å². The van der Waals surface area contributed by atoms with Crippen LogP contribution in [0.5, 0.6) is 11.5 Å². The molecule has 1 amide bonds. The van der Waals surface area contributed by atoms with Crippen LogP contribution in [-0.2, 0) is 10.0 Å². The van der Waals surface area contributed by atoms with Crippen LogP contribution < -0.4 is 13.8 Å². The van der Waals surface area contributed by atoms with E-state index in [1.54, 1.807) is 36.4 Å². The zero-order valence-corrected chi connectivity index (χ0v) is 20.4. The van der Waals surface area contributed by atoms with Crippen molar-refractivity contribution in [2.45, 2.75) is 30.2 Å². The van der Waals surface area contributed by atoms with Gasteiger partial charge in [0.25, 0.3) is 15.9 Å². The van der Waals surface area contributed by atoms with Gasteiger partial charge in [0, 0.05) is 25.6 Å². The third kappa shape index (κ3) is 4.58. The van der Waals surface area contributed by atoms with E-state index in [0.717, 1.165) is 36.3 Å². The molecule has 5 rings (SSSR count). The van der Waals surface area contributed by atoms with Crippen LogP contribution in [0.25, 0.3) is 0 Å². The van der Waals surface area contributed by atoms with Crippen LogP contribution in [0.2, 0.25) is 0 Å². The van der Waals surface area contributed by atoms with Gasteiger partial charge in [-0.2, -0.15) is 0 Å². The van der Waals surface area contributed by atoms with Crippen molar-refractivity contribution < 1.29 is 22.7 Å². The van der Waals surface area contributed by atoms with Gasteiger partial charge in [0.1, 0.15) is 0 Å². The van der Waals surface area contributed by atoms with Crippen LogP contribution in [0.1, 0.15) is 41.2 Å². The standard InChI is InChI=1S/C27H28N2O5S/c1-28(22-7-3-2-4-8-22)35(31,32)23-13-10-20(11-14-23)27(30)29-16-5-9-24(29)21-12-15-25-26(19-21)34-18-6-17-33-25/h2-4,7-8,10-15,19,24H,5-6,9,16-18H2,1H3. The normalized spacial score (nSPS) is 17.6. The van der Waals surface area contributed by atoms with Gasteiger partial charge in [-0.25, -0.2) is 8.42 Å². The van der Waals surface area contributed by atoms with E-state index in [0.29, 0.717) is 31.0 Å². The molecule has 0 spiro atoms. The maximum absolute atomic E-state index is 13.4. The number of benzene rings is 3. The highest BCUT2D eigenvalue weighted by molar-refractivity contribution is 7.92. The lowest BCUT2D eigenvalue weighted by atomic mass is 10.0. The molecule has 1 atom stereocenters. The lowest BCUT2D eigenvalue weighted by Gasteiger charge is -2.26. The fourth-order valence-corrected chi connectivity index (χ4v) is 5.81. The number of hydrogen-bond acceptors (Lipinski definition) is 5. The summed E-state index contributed by atoms with van der Waals surface area (Å²) in [5.74, 6) is 1.34. The summed E-state index contributed by atoms with van der Waals surface area (Å²) in [5.41, 5.74) is 2.05. The lowest BCUT2D eigenvalue weighted by Crippen LogP contribution is -2.30. The number of rotatable bonds is 5. The molecular formula is C27H28N2O5S. The van der Waals surface area contributed by atoms with E-state index >= 15 is 0 Å². The summed E-state index contributed by atoms with van der Waals surface area (Å²) in [6.45, 7) is 1.89. The number of para-hydroxylation sites is 1. The molecule has 1 unspecified atom stereocenters. The van der Waals surface area contributed by atoms with Gasteiger partial charge in [-0.15, -0.1) is 0 Å². The summed E-state index contributed by atoms with van der Waals surface area (Å²) < 4.78 is 38.9. The Kier molecular flexibility index (Phi) is 6.38. The Morgan fingerprint density at radius 3 is 2.37 bits per heavy atom. The molecule has 2 aliphatic rings. The van der Waals surface area contributed by atoms with Gasteiger partial charge in [0.2, 0.25) is 0 Å². The number of carbonyl (C=O) groups excluding carboxylic acids is 1. The Labute approximate surface area is 205 Å². The van der Waals surface area contributed by atoms with Crippen molar-refractivity contribution in [3.63, 3.8) is 0 Å². The summed E-state index contributed by atoms with van der Waals surface area (Å²) in [5, 5.41) is 0. The number of amides is 1. The molecule has 0 N–H and O–H groups in total. The van der Waals surface area contributed by atoms with Gasteiger partial charge in [0.05, 0.1) is 29.8 Å². The molecule has 7 nitrogen and oxygen atoms in total. The molecule has 0 radical (unpaired) electrons. The van der Waals surface area contributed by atoms with Crippen molar-refractivity contribution >= 4 is 21.6 Å². The molecule has 0 aliphatic carbocycles. The molecule has 3 aromatic carbocycles. The summed E-state index contributed by atoms with van der Waals surface area (Å²) in [6, 6.07) is 20.9. The van der Waals surface area contributed by atoms with E-state index in [1.807, 2.05) is 29.2 Å². The highest BCUT2D eigenvalue weighted by Gasteiger charge is 2.32. The summed E-state index contributed by atoms with van der Waals surface area (Å²) >= 11 is 0. The molecule has 2 heterocycles. The van der Waals surface area contributed by atoms with Gasteiger partial charge >= 0.3 is 0 Å². The predicted molar refractivity (Wildman–Crippen MR) is 134 cm³/mol. The van der Waals surface area contributed by atoms with Gasteiger partial charge in [0.15, 0.2) is 11.5 Å². The second-order valence-electron chi connectivity index (χ2n) is 8.75. The van der Waals surface area contributed by atoms with E-state index in [9.17, 15) is 13.2 Å². The molecule has 0 aromatic heterocycles. The zero-order chi connectivity index (χ0) is 24.4. The average Bonchev–Trinajstić information content (AvgIpc) is 3.27. The monoisotopic (exact) mass is 492 g/mol. The fraction of sp³-hybridized carbons (Fsp3) is 0.296. The van der Waals surface area contributed by atoms with Crippen LogP contribution >= 0.6 is 0 Å². The Balaban J connectivity index is 1.35. The number of carbonyl (C=O) groups is 1. The second kappa shape index (κ2) is 9.62. The van der Waals surface area contributed by atoms with E-state index in [-0.39, 0.29) is 16.8 Å². The van der Waals surface area contributed by atoms with Crippen molar-refractivity contribution in [1.29, 1.82) is 0 Å². The van der Waals surface area contributed by atoms with Crippen molar-refractivity contribution in [3.8, 4) is 11.5 Å². The molecular weight excluding hydrogens is 464 g/mol. The fourth-order valence-electron chi connectivity index (χ4n) is 4.61. The molecule has 2 aliphatic heterocycles. The topological polar surface area (TPSA) is 76.2 Å². The molecule has 0 saturated carbocycles. The number of likely N-dealkylation sites (tertiary alicyclic amines) is 1. The minimum Gasteiger partial charge on any atom is -0.490 e. The number of ether oxygens (including phenoxy) is 2. The first-order valence-corrected chi connectivity index (χ1v) is 13.2. The van der Waals surface area contributed by atoms with E-state index < -0.39 is 10.0 Å². The van der Waals surface area contributed by atoms with Crippen LogP contribution in [-0.4, -0.2) is 46.0 Å². The van der Waals surface area contributed by atoms with E-state index in [2.05, 4.69) is 0 Å². The van der Waals surface area contributed by atoms with Crippen molar-refractivity contribution in [3.05, 3.63) is 83.9 Å². The number of sulfonamides is 1. The van der Waals surface area contributed by atoms with Gasteiger partial charge < -0.3 is 14.4 Å². The maximum Gasteiger partial charge on any atom is 0.264 e. The number of fused-ring (bicyclic) bond motifs is 1. The molecule has 182 valence electrons. The van der Waals surface area contributed by atoms with Crippen LogP contribution in [0.3, 0.4) is 0 Å². The third-order valence-corrected chi connectivity index (χ3v) is 8.35. The van der Waals surface area contributed by atoms with E-state index in [1.165, 1.54) is 23.5 Å². The summed E-state index contributed by atoms with van der Waals surface area (Å²) in [4.78, 5) is 15.4. The molecule has 1 saturated heterocycles. The average molecular weight is 493 g/mol. The van der Waals surface area contributed by atoms with Crippen molar-refractivity contribution in [1.82, 2.24) is 4.90 Å². The van der Waals surface area contributed by atoms with Gasteiger partial charge in [-0.3, -0.25) is 9.10 Å². The van der Waals surface area contributed by atoms with Crippen molar-refractivity contribution in [2.24, 2.45) is 0 Å². The Morgan fingerprint density at radius 2 is 1.63 bits per heavy atom. The highest BCUT2D eigenvalue weighted by Crippen LogP contribution is 2.38. The molecule has 8 heteroatoms. The van der Waals surface area contributed by atoms with Crippen LogP contribution in [0, 0.1) is 0 Å². The largest absolute Gasteiger partial charge is 0.490 e.